The third-order valence-corrected chi connectivity index (χ3v) is 3.19. The van der Waals surface area contributed by atoms with E-state index in [-0.39, 0.29) is 5.39 Å². The van der Waals surface area contributed by atoms with Gasteiger partial charge in [-0.25, -0.2) is 4.79 Å². The predicted molar refractivity (Wildman–Crippen MR) is 74.4 cm³/mol. The van der Waals surface area contributed by atoms with Crippen molar-refractivity contribution >= 4 is 32.8 Å². The fourth-order valence-corrected chi connectivity index (χ4v) is 2.08. The van der Waals surface area contributed by atoms with Crippen LogP contribution in [0.5, 0.6) is 5.75 Å². The molecule has 2 N–H and O–H groups in total. The summed E-state index contributed by atoms with van der Waals surface area (Å²) in [6.07, 6.45) is 0. The standard InChI is InChI=1S/C12H11BrN2O5/c1-19-2-3-20-9-5-8-6(4-7(9)13)11(16)10(12(17)18)15-14-8/h4-5H,2-3H2,1H3,(H,14,16)(H,17,18). The second-order valence-corrected chi connectivity index (χ2v) is 4.73. The summed E-state index contributed by atoms with van der Waals surface area (Å²) in [5, 5.41) is 15.2. The number of aromatic amines is 1. The van der Waals surface area contributed by atoms with Crippen LogP contribution in [-0.2, 0) is 4.74 Å². The van der Waals surface area contributed by atoms with Crippen LogP contribution in [0.4, 0.5) is 0 Å². The predicted octanol–water partition coefficient (Wildman–Crippen LogP) is 1.41. The molecule has 0 saturated carbocycles. The molecule has 1 aromatic carbocycles. The normalized spacial score (nSPS) is 10.7. The van der Waals surface area contributed by atoms with Crippen molar-refractivity contribution in [2.45, 2.75) is 0 Å². The number of halogens is 1. The molecule has 1 aromatic heterocycles. The Morgan fingerprint density at radius 1 is 1.45 bits per heavy atom. The zero-order valence-electron chi connectivity index (χ0n) is 10.5. The summed E-state index contributed by atoms with van der Waals surface area (Å²) in [6, 6.07) is 3.08. The van der Waals surface area contributed by atoms with Gasteiger partial charge in [-0.2, -0.15) is 5.10 Å². The van der Waals surface area contributed by atoms with Crippen LogP contribution < -0.4 is 10.2 Å². The highest BCUT2D eigenvalue weighted by molar-refractivity contribution is 9.10. The first-order valence-corrected chi connectivity index (χ1v) is 6.41. The van der Waals surface area contributed by atoms with Gasteiger partial charge in [0.05, 0.1) is 22.0 Å². The van der Waals surface area contributed by atoms with Crippen molar-refractivity contribution in [1.29, 1.82) is 0 Å². The van der Waals surface area contributed by atoms with Crippen molar-refractivity contribution in [2.24, 2.45) is 0 Å². The average molecular weight is 343 g/mol. The van der Waals surface area contributed by atoms with Crippen molar-refractivity contribution in [3.05, 3.63) is 32.5 Å². The Labute approximate surface area is 121 Å². The molecule has 7 nitrogen and oxygen atoms in total. The number of carboxylic acids is 1. The number of ether oxygens (including phenoxy) is 2. The number of aromatic carboxylic acids is 1. The zero-order valence-corrected chi connectivity index (χ0v) is 12.1. The Bertz CT molecular complexity index is 713. The minimum Gasteiger partial charge on any atom is -0.490 e. The van der Waals surface area contributed by atoms with Crippen LogP contribution in [0.1, 0.15) is 10.5 Å². The molecule has 0 spiro atoms. The summed E-state index contributed by atoms with van der Waals surface area (Å²) in [7, 11) is 1.56. The van der Waals surface area contributed by atoms with Gasteiger partial charge < -0.3 is 14.6 Å². The number of nitrogens with one attached hydrogen (secondary N) is 1. The Morgan fingerprint density at radius 3 is 2.85 bits per heavy atom. The van der Waals surface area contributed by atoms with Crippen LogP contribution in [-0.4, -0.2) is 41.6 Å². The van der Waals surface area contributed by atoms with Gasteiger partial charge in [0.25, 0.3) is 0 Å². The molecule has 20 heavy (non-hydrogen) atoms. The second-order valence-electron chi connectivity index (χ2n) is 3.88. The molecule has 0 fully saturated rings. The fraction of sp³-hybridized carbons (Fsp3) is 0.250. The molecule has 0 unspecified atom stereocenters. The molecule has 0 aliphatic heterocycles. The second kappa shape index (κ2) is 6.02. The highest BCUT2D eigenvalue weighted by Crippen LogP contribution is 2.28. The summed E-state index contributed by atoms with van der Waals surface area (Å²) in [4.78, 5) is 22.8. The molecule has 0 radical (unpaired) electrons. The molecule has 8 heteroatoms. The number of hydrogen-bond donors (Lipinski definition) is 2. The summed E-state index contributed by atoms with van der Waals surface area (Å²) >= 11 is 3.28. The van der Waals surface area contributed by atoms with Crippen LogP contribution in [0.2, 0.25) is 0 Å². The lowest BCUT2D eigenvalue weighted by Gasteiger charge is -2.09. The number of hydrogen-bond acceptors (Lipinski definition) is 5. The molecule has 0 aliphatic carbocycles. The van der Waals surface area contributed by atoms with Crippen LogP contribution in [0.15, 0.2) is 21.4 Å². The SMILES string of the molecule is COCCOc1cc2[nH]nc(C(=O)O)c(=O)c2cc1Br. The van der Waals surface area contributed by atoms with Gasteiger partial charge in [-0.15, -0.1) is 0 Å². The minimum atomic E-state index is -1.37. The maximum Gasteiger partial charge on any atom is 0.360 e. The summed E-state index contributed by atoms with van der Waals surface area (Å²) in [6.45, 7) is 0.780. The molecule has 0 atom stereocenters. The molecule has 2 aromatic rings. The Morgan fingerprint density at radius 2 is 2.20 bits per heavy atom. The molecule has 1 heterocycles. The van der Waals surface area contributed by atoms with Crippen LogP contribution in [0, 0.1) is 0 Å². The van der Waals surface area contributed by atoms with E-state index in [1.807, 2.05) is 0 Å². The van der Waals surface area contributed by atoms with Gasteiger partial charge >= 0.3 is 5.97 Å². The van der Waals surface area contributed by atoms with Crippen molar-refractivity contribution in [3.63, 3.8) is 0 Å². The Balaban J connectivity index is 2.48. The minimum absolute atomic E-state index is 0.225. The maximum absolute atomic E-state index is 11.9. The number of aromatic nitrogens is 2. The van der Waals surface area contributed by atoms with Crippen molar-refractivity contribution in [2.75, 3.05) is 20.3 Å². The number of nitrogens with zero attached hydrogens (tertiary/aromatic N) is 1. The molecule has 0 bridgehead atoms. The highest BCUT2D eigenvalue weighted by Gasteiger charge is 2.15. The third-order valence-electron chi connectivity index (χ3n) is 2.57. The van der Waals surface area contributed by atoms with Crippen LogP contribution in [0.3, 0.4) is 0 Å². The number of carboxylic acid groups (broad SMARTS) is 1. The lowest BCUT2D eigenvalue weighted by atomic mass is 10.2. The first-order valence-electron chi connectivity index (χ1n) is 5.61. The third kappa shape index (κ3) is 2.81. The molecule has 0 aliphatic rings. The van der Waals surface area contributed by atoms with Gasteiger partial charge in [0, 0.05) is 13.2 Å². The van der Waals surface area contributed by atoms with Crippen molar-refractivity contribution in [1.82, 2.24) is 10.2 Å². The molecule has 0 saturated heterocycles. The maximum atomic E-state index is 11.9. The number of benzene rings is 1. The quantitative estimate of drug-likeness (QED) is 0.796. The number of methoxy groups -OCH3 is 1. The van der Waals surface area contributed by atoms with Gasteiger partial charge in [0.2, 0.25) is 11.1 Å². The number of fused-ring (bicyclic) bond motifs is 1. The average Bonchev–Trinajstić information content (AvgIpc) is 2.40. The highest BCUT2D eigenvalue weighted by atomic mass is 79.9. The fourth-order valence-electron chi connectivity index (χ4n) is 1.62. The van der Waals surface area contributed by atoms with Gasteiger partial charge in [-0.05, 0) is 22.0 Å². The van der Waals surface area contributed by atoms with E-state index in [0.29, 0.717) is 29.0 Å². The van der Waals surface area contributed by atoms with Gasteiger partial charge in [0.1, 0.15) is 12.4 Å². The lowest BCUT2D eigenvalue weighted by Crippen LogP contribution is -2.18. The first-order chi connectivity index (χ1) is 9.54. The molecule has 2 rings (SSSR count). The Hall–Kier alpha value is -1.93. The van der Waals surface area contributed by atoms with E-state index in [4.69, 9.17) is 14.6 Å². The summed E-state index contributed by atoms with van der Waals surface area (Å²) in [5.41, 5.74) is -0.788. The van der Waals surface area contributed by atoms with E-state index < -0.39 is 17.1 Å². The van der Waals surface area contributed by atoms with Gasteiger partial charge in [-0.3, -0.25) is 9.89 Å². The largest absolute Gasteiger partial charge is 0.490 e. The van der Waals surface area contributed by atoms with Crippen LogP contribution in [0.25, 0.3) is 10.9 Å². The number of rotatable bonds is 5. The monoisotopic (exact) mass is 342 g/mol. The van der Waals surface area contributed by atoms with Crippen molar-refractivity contribution in [3.8, 4) is 5.75 Å². The van der Waals surface area contributed by atoms with Gasteiger partial charge in [-0.1, -0.05) is 0 Å². The molecular formula is C12H11BrN2O5. The molecule has 106 valence electrons. The summed E-state index contributed by atoms with van der Waals surface area (Å²) < 4.78 is 10.9. The van der Waals surface area contributed by atoms with Crippen LogP contribution >= 0.6 is 15.9 Å². The lowest BCUT2D eigenvalue weighted by molar-refractivity contribution is 0.0688. The van der Waals surface area contributed by atoms with E-state index >= 15 is 0 Å². The molecule has 0 amide bonds. The van der Waals surface area contributed by atoms with Crippen molar-refractivity contribution < 1.29 is 19.4 Å². The first kappa shape index (κ1) is 14.5. The Kier molecular flexibility index (Phi) is 4.35. The van der Waals surface area contributed by atoms with E-state index in [2.05, 4.69) is 26.1 Å². The topological polar surface area (TPSA) is 102 Å². The van der Waals surface area contributed by atoms with E-state index in [1.165, 1.54) is 6.07 Å². The number of carbonyl (C=O) groups is 1. The van der Waals surface area contributed by atoms with E-state index in [9.17, 15) is 9.59 Å². The zero-order chi connectivity index (χ0) is 14.7. The smallest absolute Gasteiger partial charge is 0.360 e. The van der Waals surface area contributed by atoms with Gasteiger partial charge in [0.15, 0.2) is 0 Å². The van der Waals surface area contributed by atoms with E-state index in [1.54, 1.807) is 13.2 Å². The molecular weight excluding hydrogens is 332 g/mol. The van der Waals surface area contributed by atoms with E-state index in [0.717, 1.165) is 0 Å². The number of H-pyrrole nitrogens is 1. The summed E-state index contributed by atoms with van der Waals surface area (Å²) in [5.74, 6) is -0.861.